The van der Waals surface area contributed by atoms with Crippen LogP contribution in [0, 0.1) is 0 Å². The molecule has 0 unspecified atom stereocenters. The molecule has 1 aromatic heterocycles. The fraction of sp³-hybridized carbons (Fsp3) is 0.455. The highest BCUT2D eigenvalue weighted by atomic mass is 32.2. The molecule has 1 heterocycles. The van der Waals surface area contributed by atoms with E-state index in [1.807, 2.05) is 13.8 Å². The highest BCUT2D eigenvalue weighted by Gasteiger charge is 2.16. The van der Waals surface area contributed by atoms with Gasteiger partial charge in [0, 0.05) is 18.3 Å². The Morgan fingerprint density at radius 2 is 2.21 bits per heavy atom. The van der Waals surface area contributed by atoms with E-state index >= 15 is 0 Å². The van der Waals surface area contributed by atoms with Gasteiger partial charge in [-0.05, 0) is 19.9 Å². The van der Waals surface area contributed by atoms with Gasteiger partial charge in [-0.2, -0.15) is 0 Å². The second-order valence-electron chi connectivity index (χ2n) is 4.11. The number of aromatic nitrogens is 1. The Balaban J connectivity index is 2.75. The predicted molar refractivity (Wildman–Crippen MR) is 68.3 cm³/mol. The van der Waals surface area contributed by atoms with Crippen molar-refractivity contribution in [2.75, 3.05) is 5.75 Å². The molecule has 1 aromatic rings. The van der Waals surface area contributed by atoms with Crippen molar-refractivity contribution in [3.8, 4) is 5.88 Å². The number of carbonyl (C=O) groups is 1. The Morgan fingerprint density at radius 1 is 1.53 bits per heavy atom. The van der Waals surface area contributed by atoms with Crippen LogP contribution in [0.4, 0.5) is 0 Å². The van der Waals surface area contributed by atoms with Crippen LogP contribution >= 0.6 is 0 Å². The third-order valence-electron chi connectivity index (χ3n) is 1.99. The molecule has 106 valence electrons. The van der Waals surface area contributed by atoms with Crippen molar-refractivity contribution >= 4 is 16.0 Å². The molecule has 0 bridgehead atoms. The summed E-state index contributed by atoms with van der Waals surface area (Å²) >= 11 is 0. The van der Waals surface area contributed by atoms with Gasteiger partial charge in [0.2, 0.25) is 15.9 Å². The van der Waals surface area contributed by atoms with Gasteiger partial charge in [-0.25, -0.2) is 18.1 Å². The molecule has 0 aromatic carbocycles. The van der Waals surface area contributed by atoms with E-state index in [-0.39, 0.29) is 12.6 Å². The van der Waals surface area contributed by atoms with Crippen molar-refractivity contribution < 1.29 is 23.1 Å². The zero-order valence-corrected chi connectivity index (χ0v) is 11.5. The molecule has 0 aliphatic carbocycles. The van der Waals surface area contributed by atoms with Crippen molar-refractivity contribution in [1.29, 1.82) is 0 Å². The second-order valence-corrected chi connectivity index (χ2v) is 5.92. The van der Waals surface area contributed by atoms with Crippen LogP contribution in [0.25, 0.3) is 0 Å². The SMILES string of the molecule is CC(C)Oc1ncccc1CNS(=O)(=O)CC(=O)O. The number of hydrogen-bond donors (Lipinski definition) is 2. The average Bonchev–Trinajstić information content (AvgIpc) is 2.25. The van der Waals surface area contributed by atoms with Gasteiger partial charge in [-0.15, -0.1) is 0 Å². The number of aliphatic carboxylic acids is 1. The fourth-order valence-corrected chi connectivity index (χ4v) is 2.09. The molecular formula is C11H16N2O5S. The zero-order chi connectivity index (χ0) is 14.5. The Labute approximate surface area is 111 Å². The van der Waals surface area contributed by atoms with Crippen LogP contribution in [-0.4, -0.2) is 36.3 Å². The minimum Gasteiger partial charge on any atom is -0.480 e. The van der Waals surface area contributed by atoms with Gasteiger partial charge >= 0.3 is 5.97 Å². The summed E-state index contributed by atoms with van der Waals surface area (Å²) in [6, 6.07) is 3.31. The number of carboxylic acid groups (broad SMARTS) is 1. The highest BCUT2D eigenvalue weighted by Crippen LogP contribution is 2.15. The van der Waals surface area contributed by atoms with E-state index < -0.39 is 21.7 Å². The topological polar surface area (TPSA) is 106 Å². The molecule has 0 saturated heterocycles. The molecule has 0 radical (unpaired) electrons. The second kappa shape index (κ2) is 6.48. The molecule has 2 N–H and O–H groups in total. The van der Waals surface area contributed by atoms with Crippen LogP contribution < -0.4 is 9.46 Å². The molecule has 8 heteroatoms. The molecule has 0 amide bonds. The van der Waals surface area contributed by atoms with Crippen molar-refractivity contribution in [3.63, 3.8) is 0 Å². The van der Waals surface area contributed by atoms with Crippen LogP contribution in [-0.2, 0) is 21.4 Å². The minimum absolute atomic E-state index is 0.0640. The largest absolute Gasteiger partial charge is 0.480 e. The molecule has 0 spiro atoms. The van der Waals surface area contributed by atoms with Crippen molar-refractivity contribution in [2.45, 2.75) is 26.5 Å². The number of rotatable bonds is 7. The lowest BCUT2D eigenvalue weighted by atomic mass is 10.3. The molecule has 0 atom stereocenters. The summed E-state index contributed by atoms with van der Waals surface area (Å²) in [4.78, 5) is 14.4. The smallest absolute Gasteiger partial charge is 0.320 e. The van der Waals surface area contributed by atoms with Gasteiger partial charge in [-0.3, -0.25) is 4.79 Å². The standard InChI is InChI=1S/C11H16N2O5S/c1-8(2)18-11-9(4-3-5-12-11)6-13-19(16,17)7-10(14)15/h3-5,8,13H,6-7H2,1-2H3,(H,14,15). The first-order valence-corrected chi connectivity index (χ1v) is 7.25. The number of carboxylic acids is 1. The number of nitrogens with zero attached hydrogens (tertiary/aromatic N) is 1. The average molecular weight is 288 g/mol. The number of hydrogen-bond acceptors (Lipinski definition) is 5. The normalized spacial score (nSPS) is 11.5. The van der Waals surface area contributed by atoms with Crippen molar-refractivity contribution in [1.82, 2.24) is 9.71 Å². The summed E-state index contributed by atoms with van der Waals surface area (Å²) in [6.45, 7) is 3.59. The summed E-state index contributed by atoms with van der Waals surface area (Å²) < 4.78 is 30.4. The summed E-state index contributed by atoms with van der Waals surface area (Å²) in [6.07, 6.45) is 1.44. The molecular weight excluding hydrogens is 272 g/mol. The van der Waals surface area contributed by atoms with Gasteiger partial charge in [0.1, 0.15) is 0 Å². The molecule has 0 aliphatic heterocycles. The van der Waals surface area contributed by atoms with Crippen LogP contribution in [0.5, 0.6) is 5.88 Å². The molecule has 0 fully saturated rings. The molecule has 19 heavy (non-hydrogen) atoms. The third-order valence-corrected chi connectivity index (χ3v) is 3.20. The lowest BCUT2D eigenvalue weighted by molar-refractivity contribution is -0.134. The predicted octanol–water partition coefficient (Wildman–Crippen LogP) is 0.373. The summed E-state index contributed by atoms with van der Waals surface area (Å²) in [7, 11) is -3.86. The van der Waals surface area contributed by atoms with E-state index in [0.717, 1.165) is 0 Å². The van der Waals surface area contributed by atoms with Crippen LogP contribution in [0.3, 0.4) is 0 Å². The quantitative estimate of drug-likeness (QED) is 0.751. The minimum atomic E-state index is -3.86. The summed E-state index contributed by atoms with van der Waals surface area (Å²) in [5.41, 5.74) is 0.546. The molecule has 0 saturated carbocycles. The first-order valence-electron chi connectivity index (χ1n) is 5.60. The van der Waals surface area contributed by atoms with E-state index in [4.69, 9.17) is 9.84 Å². The molecule has 0 aliphatic rings. The van der Waals surface area contributed by atoms with Gasteiger partial charge in [-0.1, -0.05) is 6.07 Å². The highest BCUT2D eigenvalue weighted by molar-refractivity contribution is 7.90. The van der Waals surface area contributed by atoms with E-state index in [2.05, 4.69) is 9.71 Å². The van der Waals surface area contributed by atoms with Gasteiger partial charge < -0.3 is 9.84 Å². The first kappa shape index (κ1) is 15.4. The monoisotopic (exact) mass is 288 g/mol. The van der Waals surface area contributed by atoms with Crippen molar-refractivity contribution in [2.24, 2.45) is 0 Å². The Morgan fingerprint density at radius 3 is 2.79 bits per heavy atom. The Kier molecular flexibility index (Phi) is 5.25. The maximum absolute atomic E-state index is 11.4. The maximum atomic E-state index is 11.4. The van der Waals surface area contributed by atoms with E-state index in [1.54, 1.807) is 12.1 Å². The zero-order valence-electron chi connectivity index (χ0n) is 10.7. The summed E-state index contributed by atoms with van der Waals surface area (Å²) in [5.74, 6) is -2.04. The van der Waals surface area contributed by atoms with Gasteiger partial charge in [0.05, 0.1) is 6.10 Å². The van der Waals surface area contributed by atoms with Crippen LogP contribution in [0.15, 0.2) is 18.3 Å². The van der Waals surface area contributed by atoms with Crippen molar-refractivity contribution in [3.05, 3.63) is 23.9 Å². The first-order chi connectivity index (χ1) is 8.80. The third kappa shape index (κ3) is 5.66. The summed E-state index contributed by atoms with van der Waals surface area (Å²) in [5, 5.41) is 8.46. The van der Waals surface area contributed by atoms with E-state index in [1.165, 1.54) is 6.20 Å². The number of sulfonamides is 1. The van der Waals surface area contributed by atoms with Gasteiger partial charge in [0.15, 0.2) is 5.75 Å². The molecule has 1 rings (SSSR count). The number of pyridine rings is 1. The van der Waals surface area contributed by atoms with E-state index in [9.17, 15) is 13.2 Å². The lowest BCUT2D eigenvalue weighted by Crippen LogP contribution is -2.29. The van der Waals surface area contributed by atoms with E-state index in [0.29, 0.717) is 11.4 Å². The maximum Gasteiger partial charge on any atom is 0.320 e. The Hall–Kier alpha value is -1.67. The molecule has 7 nitrogen and oxygen atoms in total. The number of ether oxygens (including phenoxy) is 1. The van der Waals surface area contributed by atoms with Crippen LogP contribution in [0.1, 0.15) is 19.4 Å². The van der Waals surface area contributed by atoms with Gasteiger partial charge in [0.25, 0.3) is 0 Å². The Bertz CT molecular complexity index is 542. The fourth-order valence-electron chi connectivity index (χ4n) is 1.29. The van der Waals surface area contributed by atoms with Crippen LogP contribution in [0.2, 0.25) is 0 Å². The lowest BCUT2D eigenvalue weighted by Gasteiger charge is -2.13. The number of nitrogens with one attached hydrogen (secondary N) is 1.